The molecule has 3 aliphatic carbocycles. The molecule has 0 aromatic heterocycles. The van der Waals surface area contributed by atoms with Crippen LogP contribution in [0.4, 0.5) is 4.39 Å². The Labute approximate surface area is 144 Å². The first-order valence-electron chi connectivity index (χ1n) is 8.22. The molecule has 0 atom stereocenters. The van der Waals surface area contributed by atoms with Gasteiger partial charge in [0, 0.05) is 23.6 Å². The highest BCUT2D eigenvalue weighted by molar-refractivity contribution is 5.97. The standard InChI is InChI=1S/C20H18FNO3/c1-22(18(25)13-7-14(9-23)17(24)16(21)8-13)20-10-19(11-20,12-20)15-5-3-2-4-6-15/h2-9,24H,10-12H2,1H3. The lowest BCUT2D eigenvalue weighted by molar-refractivity contribution is -0.143. The molecular formula is C20H18FNO3. The Hall–Kier alpha value is -2.69. The van der Waals surface area contributed by atoms with E-state index in [0.717, 1.165) is 25.3 Å². The van der Waals surface area contributed by atoms with Gasteiger partial charge in [-0.1, -0.05) is 30.3 Å². The summed E-state index contributed by atoms with van der Waals surface area (Å²) in [5, 5.41) is 9.50. The zero-order valence-corrected chi connectivity index (χ0v) is 13.8. The second-order valence-electron chi connectivity index (χ2n) is 7.28. The van der Waals surface area contributed by atoms with E-state index >= 15 is 0 Å². The number of carbonyl (C=O) groups excluding carboxylic acids is 2. The molecular weight excluding hydrogens is 321 g/mol. The highest BCUT2D eigenvalue weighted by atomic mass is 19.1. The Morgan fingerprint density at radius 1 is 1.20 bits per heavy atom. The average Bonchev–Trinajstić information content (AvgIpc) is 2.55. The van der Waals surface area contributed by atoms with Crippen LogP contribution in [-0.4, -0.2) is 34.8 Å². The number of benzene rings is 2. The molecule has 25 heavy (non-hydrogen) atoms. The SMILES string of the molecule is CN(C(=O)c1cc(F)c(O)c(C=O)c1)C12CC(c3ccccc3)(C1)C2. The first-order valence-corrected chi connectivity index (χ1v) is 8.22. The van der Waals surface area contributed by atoms with Crippen LogP contribution in [0.15, 0.2) is 42.5 Å². The Morgan fingerprint density at radius 2 is 1.84 bits per heavy atom. The van der Waals surface area contributed by atoms with Gasteiger partial charge in [0.2, 0.25) is 0 Å². The van der Waals surface area contributed by atoms with Gasteiger partial charge in [0.05, 0.1) is 5.56 Å². The van der Waals surface area contributed by atoms with E-state index in [4.69, 9.17) is 0 Å². The third kappa shape index (κ3) is 2.11. The number of aldehydes is 1. The predicted octanol–water partition coefficient (Wildman–Crippen LogP) is 3.29. The summed E-state index contributed by atoms with van der Waals surface area (Å²) in [5.74, 6) is -2.01. The van der Waals surface area contributed by atoms with Crippen LogP contribution in [0.5, 0.6) is 5.75 Å². The number of amides is 1. The van der Waals surface area contributed by atoms with Gasteiger partial charge in [0.25, 0.3) is 5.91 Å². The molecule has 128 valence electrons. The molecule has 0 aliphatic heterocycles. The zero-order chi connectivity index (χ0) is 17.8. The number of rotatable bonds is 4. The zero-order valence-electron chi connectivity index (χ0n) is 13.8. The maximum Gasteiger partial charge on any atom is 0.254 e. The Morgan fingerprint density at radius 3 is 2.44 bits per heavy atom. The van der Waals surface area contributed by atoms with E-state index in [1.165, 1.54) is 11.6 Å². The fourth-order valence-electron chi connectivity index (χ4n) is 4.43. The van der Waals surface area contributed by atoms with Crippen LogP contribution in [0, 0.1) is 5.82 Å². The molecule has 2 aromatic carbocycles. The monoisotopic (exact) mass is 339 g/mol. The van der Waals surface area contributed by atoms with Gasteiger partial charge in [-0.3, -0.25) is 9.59 Å². The van der Waals surface area contributed by atoms with Crippen molar-refractivity contribution in [2.24, 2.45) is 0 Å². The van der Waals surface area contributed by atoms with Gasteiger partial charge in [0.1, 0.15) is 0 Å². The number of phenolic OH excluding ortho intramolecular Hbond substituents is 1. The van der Waals surface area contributed by atoms with Crippen LogP contribution in [0.3, 0.4) is 0 Å². The van der Waals surface area contributed by atoms with Gasteiger partial charge in [-0.05, 0) is 37.0 Å². The van der Waals surface area contributed by atoms with Crippen molar-refractivity contribution in [2.45, 2.75) is 30.2 Å². The number of aromatic hydroxyl groups is 1. The molecule has 1 N–H and O–H groups in total. The lowest BCUT2D eigenvalue weighted by Crippen LogP contribution is -2.76. The van der Waals surface area contributed by atoms with Crippen molar-refractivity contribution in [1.29, 1.82) is 0 Å². The average molecular weight is 339 g/mol. The molecule has 0 heterocycles. The molecule has 0 radical (unpaired) electrons. The van der Waals surface area contributed by atoms with E-state index < -0.39 is 11.6 Å². The molecule has 2 bridgehead atoms. The van der Waals surface area contributed by atoms with E-state index in [1.807, 2.05) is 18.2 Å². The minimum absolute atomic E-state index is 0.0818. The van der Waals surface area contributed by atoms with Crippen LogP contribution in [0.2, 0.25) is 0 Å². The van der Waals surface area contributed by atoms with Crippen molar-refractivity contribution in [3.63, 3.8) is 0 Å². The molecule has 0 unspecified atom stereocenters. The van der Waals surface area contributed by atoms with Crippen molar-refractivity contribution in [3.8, 4) is 5.75 Å². The number of halogens is 1. The quantitative estimate of drug-likeness (QED) is 0.870. The van der Waals surface area contributed by atoms with E-state index in [9.17, 15) is 19.1 Å². The summed E-state index contributed by atoms with van der Waals surface area (Å²) in [6, 6.07) is 12.5. The third-order valence-electron chi connectivity index (χ3n) is 5.87. The van der Waals surface area contributed by atoms with Gasteiger partial charge in [-0.25, -0.2) is 4.39 Å². The van der Waals surface area contributed by atoms with E-state index in [1.54, 1.807) is 11.9 Å². The number of phenols is 1. The summed E-state index contributed by atoms with van der Waals surface area (Å²) in [5.41, 5.74) is 1.14. The van der Waals surface area contributed by atoms with Crippen LogP contribution >= 0.6 is 0 Å². The fourth-order valence-corrected chi connectivity index (χ4v) is 4.43. The lowest BCUT2D eigenvalue weighted by Gasteiger charge is -2.73. The molecule has 3 aliphatic rings. The fraction of sp³-hybridized carbons (Fsp3) is 0.300. The van der Waals surface area contributed by atoms with Crippen LogP contribution in [0.25, 0.3) is 0 Å². The number of hydrogen-bond acceptors (Lipinski definition) is 3. The van der Waals surface area contributed by atoms with E-state index in [-0.39, 0.29) is 28.0 Å². The Balaban J connectivity index is 1.54. The summed E-state index contributed by atoms with van der Waals surface area (Å²) in [7, 11) is 1.72. The second kappa shape index (κ2) is 5.15. The van der Waals surface area contributed by atoms with Gasteiger partial charge in [-0.15, -0.1) is 0 Å². The van der Waals surface area contributed by atoms with Crippen molar-refractivity contribution in [3.05, 3.63) is 65.0 Å². The number of carbonyl (C=O) groups is 2. The molecule has 5 heteroatoms. The minimum Gasteiger partial charge on any atom is -0.504 e. The topological polar surface area (TPSA) is 57.6 Å². The van der Waals surface area contributed by atoms with Crippen LogP contribution in [0.1, 0.15) is 45.5 Å². The second-order valence-corrected chi connectivity index (χ2v) is 7.28. The first kappa shape index (κ1) is 15.8. The summed E-state index contributed by atoms with van der Waals surface area (Å²) in [6.07, 6.45) is 3.04. The maximum absolute atomic E-state index is 13.8. The van der Waals surface area contributed by atoms with Crippen LogP contribution < -0.4 is 0 Å². The summed E-state index contributed by atoms with van der Waals surface area (Å²) in [6.45, 7) is 0. The van der Waals surface area contributed by atoms with Gasteiger partial charge < -0.3 is 10.0 Å². The van der Waals surface area contributed by atoms with Gasteiger partial charge >= 0.3 is 0 Å². The molecule has 4 nitrogen and oxygen atoms in total. The van der Waals surface area contributed by atoms with Crippen molar-refractivity contribution < 1.29 is 19.1 Å². The molecule has 5 rings (SSSR count). The van der Waals surface area contributed by atoms with Crippen molar-refractivity contribution in [1.82, 2.24) is 4.90 Å². The molecule has 0 spiro atoms. The van der Waals surface area contributed by atoms with Gasteiger partial charge in [0.15, 0.2) is 17.9 Å². The smallest absolute Gasteiger partial charge is 0.254 e. The Bertz CT molecular complexity index is 858. The minimum atomic E-state index is -0.959. The van der Waals surface area contributed by atoms with E-state index in [0.29, 0.717) is 6.29 Å². The van der Waals surface area contributed by atoms with Crippen LogP contribution in [-0.2, 0) is 5.41 Å². The summed E-state index contributed by atoms with van der Waals surface area (Å²) < 4.78 is 13.8. The molecule has 1 amide bonds. The van der Waals surface area contributed by atoms with E-state index in [2.05, 4.69) is 12.1 Å². The third-order valence-corrected chi connectivity index (χ3v) is 5.87. The maximum atomic E-state index is 13.8. The largest absolute Gasteiger partial charge is 0.504 e. The molecule has 3 fully saturated rings. The molecule has 2 aromatic rings. The number of nitrogens with zero attached hydrogens (tertiary/aromatic N) is 1. The molecule has 3 saturated carbocycles. The highest BCUT2D eigenvalue weighted by Crippen LogP contribution is 2.70. The summed E-state index contributed by atoms with van der Waals surface area (Å²) >= 11 is 0. The first-order chi connectivity index (χ1) is 11.9. The van der Waals surface area contributed by atoms with Gasteiger partial charge in [-0.2, -0.15) is 0 Å². The summed E-state index contributed by atoms with van der Waals surface area (Å²) in [4.78, 5) is 25.4. The Kier molecular flexibility index (Phi) is 3.26. The van der Waals surface area contributed by atoms with Crippen molar-refractivity contribution >= 4 is 12.2 Å². The predicted molar refractivity (Wildman–Crippen MR) is 90.2 cm³/mol. The normalized spacial score (nSPS) is 26.3. The van der Waals surface area contributed by atoms with Crippen molar-refractivity contribution in [2.75, 3.05) is 7.05 Å². The highest BCUT2D eigenvalue weighted by Gasteiger charge is 2.70. The number of hydrogen-bond donors (Lipinski definition) is 1. The lowest BCUT2D eigenvalue weighted by atomic mass is 9.37. The molecule has 0 saturated heterocycles.